The normalized spacial score (nSPS) is 12.1. The van der Waals surface area contributed by atoms with Gasteiger partial charge in [-0.2, -0.15) is 0 Å². The second kappa shape index (κ2) is 5.85. The second-order valence-electron chi connectivity index (χ2n) is 4.48. The monoisotopic (exact) mass is 275 g/mol. The van der Waals surface area contributed by atoms with Crippen molar-refractivity contribution in [1.82, 2.24) is 0 Å². The highest BCUT2D eigenvalue weighted by Gasteiger charge is 2.06. The number of alkyl halides is 1. The molecule has 0 radical (unpaired) electrons. The summed E-state index contributed by atoms with van der Waals surface area (Å²) >= 11 is 5.83. The highest BCUT2D eigenvalue weighted by atomic mass is 35.5. The molecule has 0 N–H and O–H groups in total. The summed E-state index contributed by atoms with van der Waals surface area (Å²) in [5, 5.41) is 10.6. The van der Waals surface area contributed by atoms with E-state index in [1.54, 1.807) is 12.1 Å². The lowest BCUT2D eigenvalue weighted by atomic mass is 9.98. The third-order valence-corrected chi connectivity index (χ3v) is 3.59. The average Bonchev–Trinajstić information content (AvgIpc) is 2.46. The van der Waals surface area contributed by atoms with E-state index in [4.69, 9.17) is 11.6 Å². The molecule has 0 aromatic heterocycles. The van der Waals surface area contributed by atoms with Crippen LogP contribution in [0.2, 0.25) is 0 Å². The molecule has 2 aromatic carbocycles. The predicted octanol–water partition coefficient (Wildman–Crippen LogP) is 4.60. The summed E-state index contributed by atoms with van der Waals surface area (Å²) in [5.41, 5.74) is 3.31. The number of nitro groups is 1. The van der Waals surface area contributed by atoms with Gasteiger partial charge in [0.05, 0.1) is 4.92 Å². The van der Waals surface area contributed by atoms with Gasteiger partial charge in [-0.05, 0) is 34.7 Å². The van der Waals surface area contributed by atoms with Gasteiger partial charge >= 0.3 is 0 Å². The van der Waals surface area contributed by atoms with Gasteiger partial charge in [0.25, 0.3) is 5.69 Å². The van der Waals surface area contributed by atoms with Gasteiger partial charge < -0.3 is 0 Å². The Kier molecular flexibility index (Phi) is 4.17. The summed E-state index contributed by atoms with van der Waals surface area (Å²) in [6.45, 7) is 2.08. The Labute approximate surface area is 117 Å². The van der Waals surface area contributed by atoms with Crippen LogP contribution in [0.25, 0.3) is 11.1 Å². The lowest BCUT2D eigenvalue weighted by molar-refractivity contribution is -0.384. The average molecular weight is 276 g/mol. The summed E-state index contributed by atoms with van der Waals surface area (Å²) in [5.74, 6) is 0.921. The zero-order valence-corrected chi connectivity index (χ0v) is 11.3. The highest BCUT2D eigenvalue weighted by molar-refractivity contribution is 6.18. The number of nitrogens with zero attached hydrogens (tertiary/aromatic N) is 1. The maximum absolute atomic E-state index is 10.6. The van der Waals surface area contributed by atoms with Gasteiger partial charge in [-0.1, -0.05) is 31.2 Å². The molecule has 2 rings (SSSR count). The van der Waals surface area contributed by atoms with E-state index in [1.807, 2.05) is 24.3 Å². The molecular formula is C15H14ClNO2. The third-order valence-electron chi connectivity index (χ3n) is 3.12. The Morgan fingerprint density at radius 1 is 1.05 bits per heavy atom. The maximum Gasteiger partial charge on any atom is 0.269 e. The van der Waals surface area contributed by atoms with Gasteiger partial charge in [0.2, 0.25) is 0 Å². The van der Waals surface area contributed by atoms with Crippen molar-refractivity contribution in [3.8, 4) is 11.1 Å². The van der Waals surface area contributed by atoms with Crippen LogP contribution >= 0.6 is 11.6 Å². The fourth-order valence-corrected chi connectivity index (χ4v) is 2.05. The van der Waals surface area contributed by atoms with Crippen LogP contribution in [0.3, 0.4) is 0 Å². The Morgan fingerprint density at radius 3 is 1.95 bits per heavy atom. The number of rotatable bonds is 4. The maximum atomic E-state index is 10.6. The molecule has 0 amide bonds. The van der Waals surface area contributed by atoms with Crippen molar-refractivity contribution < 1.29 is 4.92 Å². The first-order valence-electron chi connectivity index (χ1n) is 6.02. The molecule has 98 valence electrons. The minimum atomic E-state index is -0.394. The molecule has 19 heavy (non-hydrogen) atoms. The van der Waals surface area contributed by atoms with Crippen LogP contribution in [0.4, 0.5) is 5.69 Å². The molecule has 3 nitrogen and oxygen atoms in total. The quantitative estimate of drug-likeness (QED) is 0.465. The molecule has 0 aliphatic heterocycles. The summed E-state index contributed by atoms with van der Waals surface area (Å²) in [4.78, 5) is 10.2. The van der Waals surface area contributed by atoms with Crippen molar-refractivity contribution in [2.75, 3.05) is 5.88 Å². The van der Waals surface area contributed by atoms with E-state index < -0.39 is 4.92 Å². The SMILES string of the molecule is CC(CCl)c1ccc(-c2ccc([N+](=O)[O-])cc2)cc1. The van der Waals surface area contributed by atoms with Crippen LogP contribution < -0.4 is 0 Å². The van der Waals surface area contributed by atoms with E-state index in [2.05, 4.69) is 6.92 Å². The van der Waals surface area contributed by atoms with Crippen LogP contribution in [0, 0.1) is 10.1 Å². The first-order chi connectivity index (χ1) is 9.11. The lowest BCUT2D eigenvalue weighted by Crippen LogP contribution is -1.94. The summed E-state index contributed by atoms with van der Waals surface area (Å²) in [6, 6.07) is 14.7. The van der Waals surface area contributed by atoms with E-state index in [9.17, 15) is 10.1 Å². The van der Waals surface area contributed by atoms with Crippen LogP contribution in [0.1, 0.15) is 18.4 Å². The smallest absolute Gasteiger partial charge is 0.258 e. The van der Waals surface area contributed by atoms with Gasteiger partial charge in [0.15, 0.2) is 0 Å². The lowest BCUT2D eigenvalue weighted by Gasteiger charge is -2.09. The Balaban J connectivity index is 2.24. The van der Waals surface area contributed by atoms with Crippen molar-refractivity contribution in [2.24, 2.45) is 0 Å². The standard InChI is InChI=1S/C15H14ClNO2/c1-11(10-16)12-2-4-13(5-3-12)14-6-8-15(9-7-14)17(18)19/h2-9,11H,10H2,1H3. The molecule has 4 heteroatoms. The minimum Gasteiger partial charge on any atom is -0.258 e. The fraction of sp³-hybridized carbons (Fsp3) is 0.200. The number of benzene rings is 2. The number of nitro benzene ring substituents is 1. The summed E-state index contributed by atoms with van der Waals surface area (Å²) in [6.07, 6.45) is 0. The van der Waals surface area contributed by atoms with Gasteiger partial charge in [-0.25, -0.2) is 0 Å². The van der Waals surface area contributed by atoms with Crippen molar-refractivity contribution in [1.29, 1.82) is 0 Å². The number of hydrogen-bond donors (Lipinski definition) is 0. The molecule has 0 fully saturated rings. The zero-order valence-electron chi connectivity index (χ0n) is 10.5. The van der Waals surface area contributed by atoms with Crippen molar-refractivity contribution in [3.63, 3.8) is 0 Å². The molecule has 2 aromatic rings. The van der Waals surface area contributed by atoms with E-state index in [0.717, 1.165) is 11.1 Å². The third kappa shape index (κ3) is 3.12. The molecule has 0 heterocycles. The molecule has 1 atom stereocenters. The van der Waals surface area contributed by atoms with Crippen molar-refractivity contribution in [2.45, 2.75) is 12.8 Å². The number of non-ortho nitro benzene ring substituents is 1. The zero-order chi connectivity index (χ0) is 13.8. The Bertz CT molecular complexity index is 564. The molecule has 0 aliphatic rings. The molecule has 0 aliphatic carbocycles. The van der Waals surface area contributed by atoms with Crippen LogP contribution in [0.15, 0.2) is 48.5 Å². The molecule has 1 unspecified atom stereocenters. The topological polar surface area (TPSA) is 43.1 Å². The van der Waals surface area contributed by atoms with Gasteiger partial charge in [0, 0.05) is 18.0 Å². The second-order valence-corrected chi connectivity index (χ2v) is 4.79. The Morgan fingerprint density at radius 2 is 1.53 bits per heavy atom. The molecule has 0 bridgehead atoms. The van der Waals surface area contributed by atoms with Crippen molar-refractivity contribution >= 4 is 17.3 Å². The van der Waals surface area contributed by atoms with Crippen LogP contribution in [0.5, 0.6) is 0 Å². The van der Waals surface area contributed by atoms with Gasteiger partial charge in [-0.15, -0.1) is 11.6 Å². The first kappa shape index (κ1) is 13.6. The van der Waals surface area contributed by atoms with E-state index in [0.29, 0.717) is 11.8 Å². The summed E-state index contributed by atoms with van der Waals surface area (Å²) in [7, 11) is 0. The highest BCUT2D eigenvalue weighted by Crippen LogP contribution is 2.25. The largest absolute Gasteiger partial charge is 0.269 e. The van der Waals surface area contributed by atoms with Crippen LogP contribution in [-0.4, -0.2) is 10.8 Å². The number of halogens is 1. The van der Waals surface area contributed by atoms with Crippen molar-refractivity contribution in [3.05, 3.63) is 64.2 Å². The molecule has 0 saturated heterocycles. The van der Waals surface area contributed by atoms with Gasteiger partial charge in [0.1, 0.15) is 0 Å². The number of hydrogen-bond acceptors (Lipinski definition) is 2. The molecule has 0 saturated carbocycles. The first-order valence-corrected chi connectivity index (χ1v) is 6.56. The van der Waals surface area contributed by atoms with Crippen LogP contribution in [-0.2, 0) is 0 Å². The Hall–Kier alpha value is -1.87. The van der Waals surface area contributed by atoms with Gasteiger partial charge in [-0.3, -0.25) is 10.1 Å². The predicted molar refractivity (Wildman–Crippen MR) is 77.7 cm³/mol. The van der Waals surface area contributed by atoms with E-state index in [1.165, 1.54) is 17.7 Å². The molecular weight excluding hydrogens is 262 g/mol. The van der Waals surface area contributed by atoms with E-state index in [-0.39, 0.29) is 5.69 Å². The minimum absolute atomic E-state index is 0.108. The van der Waals surface area contributed by atoms with E-state index >= 15 is 0 Å². The summed E-state index contributed by atoms with van der Waals surface area (Å²) < 4.78 is 0. The fourth-order valence-electron chi connectivity index (χ4n) is 1.87. The molecule has 0 spiro atoms.